The standard InChI is InChI=1S/C14H23N3O4/c18-12(17-6-1-2-7-17)9-15-14(21)16-11-5-3-4-10(8-11)13(19)20/h10-11H,1-9H2,(H,19,20)(H2,15,16,21). The van der Waals surface area contributed by atoms with Crippen molar-refractivity contribution in [2.75, 3.05) is 19.6 Å². The Labute approximate surface area is 124 Å². The molecule has 0 bridgehead atoms. The number of nitrogens with zero attached hydrogens (tertiary/aromatic N) is 1. The van der Waals surface area contributed by atoms with Crippen molar-refractivity contribution in [2.45, 2.75) is 44.6 Å². The van der Waals surface area contributed by atoms with Crippen LogP contribution < -0.4 is 10.6 Å². The molecule has 1 aliphatic heterocycles. The SMILES string of the molecule is O=C(NCC(=O)N1CCCC1)NC1CCCC(C(=O)O)C1. The third-order valence-electron chi connectivity index (χ3n) is 4.22. The van der Waals surface area contributed by atoms with Gasteiger partial charge < -0.3 is 20.6 Å². The highest BCUT2D eigenvalue weighted by Crippen LogP contribution is 2.24. The van der Waals surface area contributed by atoms with Crippen LogP contribution in [0.3, 0.4) is 0 Å². The number of nitrogens with one attached hydrogen (secondary N) is 2. The smallest absolute Gasteiger partial charge is 0.315 e. The average Bonchev–Trinajstić information content (AvgIpc) is 2.99. The number of rotatable bonds is 4. The summed E-state index contributed by atoms with van der Waals surface area (Å²) in [5.74, 6) is -1.24. The van der Waals surface area contributed by atoms with Gasteiger partial charge in [-0.05, 0) is 32.1 Å². The van der Waals surface area contributed by atoms with Crippen LogP contribution in [0.2, 0.25) is 0 Å². The Morgan fingerprint density at radius 1 is 1.10 bits per heavy atom. The summed E-state index contributed by atoms with van der Waals surface area (Å²) in [5, 5.41) is 14.3. The van der Waals surface area contributed by atoms with Crippen molar-refractivity contribution >= 4 is 17.9 Å². The summed E-state index contributed by atoms with van der Waals surface area (Å²) in [6.07, 6.45) is 4.77. The van der Waals surface area contributed by atoms with Crippen LogP contribution >= 0.6 is 0 Å². The molecule has 0 aromatic carbocycles. The van der Waals surface area contributed by atoms with Crippen molar-refractivity contribution in [1.82, 2.24) is 15.5 Å². The van der Waals surface area contributed by atoms with Crippen molar-refractivity contribution < 1.29 is 19.5 Å². The first-order valence-electron chi connectivity index (χ1n) is 7.61. The molecule has 21 heavy (non-hydrogen) atoms. The van der Waals surface area contributed by atoms with E-state index in [2.05, 4.69) is 10.6 Å². The molecule has 118 valence electrons. The van der Waals surface area contributed by atoms with Gasteiger partial charge in [-0.1, -0.05) is 6.42 Å². The van der Waals surface area contributed by atoms with E-state index in [4.69, 9.17) is 5.11 Å². The summed E-state index contributed by atoms with van der Waals surface area (Å²) < 4.78 is 0. The molecule has 3 amide bonds. The lowest BCUT2D eigenvalue weighted by molar-refractivity contribution is -0.143. The van der Waals surface area contributed by atoms with E-state index < -0.39 is 12.0 Å². The highest BCUT2D eigenvalue weighted by molar-refractivity contribution is 5.84. The quantitative estimate of drug-likeness (QED) is 0.705. The summed E-state index contributed by atoms with van der Waals surface area (Å²) in [5.41, 5.74) is 0. The second-order valence-corrected chi connectivity index (χ2v) is 5.81. The Bertz CT molecular complexity index is 407. The fraction of sp³-hybridized carbons (Fsp3) is 0.786. The minimum Gasteiger partial charge on any atom is -0.481 e. The Morgan fingerprint density at radius 2 is 1.81 bits per heavy atom. The number of likely N-dealkylation sites (tertiary alicyclic amines) is 1. The molecular formula is C14H23N3O4. The summed E-state index contributed by atoms with van der Waals surface area (Å²) in [6, 6.07) is -0.514. The molecule has 1 heterocycles. The third-order valence-corrected chi connectivity index (χ3v) is 4.22. The van der Waals surface area contributed by atoms with Gasteiger partial charge in [-0.2, -0.15) is 0 Å². The molecule has 2 atom stereocenters. The summed E-state index contributed by atoms with van der Waals surface area (Å²) in [6.45, 7) is 1.54. The zero-order valence-electron chi connectivity index (χ0n) is 12.1. The van der Waals surface area contributed by atoms with E-state index in [1.54, 1.807) is 4.90 Å². The third kappa shape index (κ3) is 4.61. The van der Waals surface area contributed by atoms with E-state index in [1.165, 1.54) is 0 Å². The van der Waals surface area contributed by atoms with E-state index in [9.17, 15) is 14.4 Å². The Hall–Kier alpha value is -1.79. The van der Waals surface area contributed by atoms with Crippen LogP contribution in [-0.2, 0) is 9.59 Å². The van der Waals surface area contributed by atoms with Crippen molar-refractivity contribution in [2.24, 2.45) is 5.92 Å². The first-order valence-corrected chi connectivity index (χ1v) is 7.61. The number of carbonyl (C=O) groups excluding carboxylic acids is 2. The zero-order chi connectivity index (χ0) is 15.2. The average molecular weight is 297 g/mol. The number of carbonyl (C=O) groups is 3. The molecule has 2 aliphatic rings. The number of carboxylic acid groups (broad SMARTS) is 1. The lowest BCUT2D eigenvalue weighted by atomic mass is 9.86. The Kier molecular flexibility index (Phi) is 5.41. The molecule has 0 radical (unpaired) electrons. The van der Waals surface area contributed by atoms with Crippen molar-refractivity contribution in [1.29, 1.82) is 0 Å². The minimum atomic E-state index is -0.800. The highest BCUT2D eigenvalue weighted by Gasteiger charge is 2.28. The summed E-state index contributed by atoms with van der Waals surface area (Å²) >= 11 is 0. The molecule has 1 saturated heterocycles. The Morgan fingerprint density at radius 3 is 2.48 bits per heavy atom. The van der Waals surface area contributed by atoms with Gasteiger partial charge in [-0.25, -0.2) is 4.79 Å². The maximum atomic E-state index is 11.8. The molecule has 7 nitrogen and oxygen atoms in total. The molecule has 2 unspecified atom stereocenters. The minimum absolute atomic E-state index is 0.000905. The normalized spacial score (nSPS) is 25.4. The number of hydrogen-bond donors (Lipinski definition) is 3. The topological polar surface area (TPSA) is 98.7 Å². The number of carboxylic acids is 1. The zero-order valence-corrected chi connectivity index (χ0v) is 12.1. The van der Waals surface area contributed by atoms with Crippen LogP contribution in [0, 0.1) is 5.92 Å². The first-order chi connectivity index (χ1) is 10.1. The number of amides is 3. The molecule has 0 spiro atoms. The molecule has 1 saturated carbocycles. The van der Waals surface area contributed by atoms with Gasteiger partial charge in [0.05, 0.1) is 12.5 Å². The molecule has 7 heteroatoms. The van der Waals surface area contributed by atoms with E-state index in [0.717, 1.165) is 38.8 Å². The van der Waals surface area contributed by atoms with Crippen molar-refractivity contribution in [3.63, 3.8) is 0 Å². The van der Waals surface area contributed by atoms with Gasteiger partial charge in [0.15, 0.2) is 0 Å². The number of urea groups is 1. The second-order valence-electron chi connectivity index (χ2n) is 5.81. The Balaban J connectivity index is 1.69. The number of hydrogen-bond acceptors (Lipinski definition) is 3. The molecule has 2 rings (SSSR count). The molecule has 0 aromatic heterocycles. The van der Waals surface area contributed by atoms with E-state index in [-0.39, 0.29) is 24.4 Å². The summed E-state index contributed by atoms with van der Waals surface area (Å²) in [7, 11) is 0. The van der Waals surface area contributed by atoms with E-state index >= 15 is 0 Å². The van der Waals surface area contributed by atoms with Gasteiger partial charge in [-0.3, -0.25) is 9.59 Å². The summed E-state index contributed by atoms with van der Waals surface area (Å²) in [4.78, 5) is 36.3. The van der Waals surface area contributed by atoms with Crippen LogP contribution in [0.4, 0.5) is 4.79 Å². The molecule has 0 aromatic rings. The van der Waals surface area contributed by atoms with E-state index in [0.29, 0.717) is 12.8 Å². The molecule has 1 aliphatic carbocycles. The second kappa shape index (κ2) is 7.28. The van der Waals surface area contributed by atoms with E-state index in [1.807, 2.05) is 0 Å². The van der Waals surface area contributed by atoms with Crippen LogP contribution in [0.25, 0.3) is 0 Å². The van der Waals surface area contributed by atoms with Crippen molar-refractivity contribution in [3.05, 3.63) is 0 Å². The molecule has 2 fully saturated rings. The largest absolute Gasteiger partial charge is 0.481 e. The highest BCUT2D eigenvalue weighted by atomic mass is 16.4. The monoisotopic (exact) mass is 297 g/mol. The fourth-order valence-corrected chi connectivity index (χ4v) is 3.02. The maximum Gasteiger partial charge on any atom is 0.315 e. The van der Waals surface area contributed by atoms with Gasteiger partial charge >= 0.3 is 12.0 Å². The van der Waals surface area contributed by atoms with Gasteiger partial charge in [0, 0.05) is 19.1 Å². The lowest BCUT2D eigenvalue weighted by Crippen LogP contribution is -2.47. The van der Waals surface area contributed by atoms with Gasteiger partial charge in [0.25, 0.3) is 0 Å². The van der Waals surface area contributed by atoms with Gasteiger partial charge in [-0.15, -0.1) is 0 Å². The fourth-order valence-electron chi connectivity index (χ4n) is 3.02. The van der Waals surface area contributed by atoms with Gasteiger partial charge in [0.2, 0.25) is 5.91 Å². The number of aliphatic carboxylic acids is 1. The first kappa shape index (κ1) is 15.6. The van der Waals surface area contributed by atoms with Crippen LogP contribution in [0.15, 0.2) is 0 Å². The van der Waals surface area contributed by atoms with Crippen LogP contribution in [0.1, 0.15) is 38.5 Å². The maximum absolute atomic E-state index is 11.8. The van der Waals surface area contributed by atoms with Crippen LogP contribution in [0.5, 0.6) is 0 Å². The predicted octanol–water partition coefficient (Wildman–Crippen LogP) is 0.551. The predicted molar refractivity (Wildman–Crippen MR) is 75.7 cm³/mol. The molecule has 3 N–H and O–H groups in total. The van der Waals surface area contributed by atoms with Gasteiger partial charge in [0.1, 0.15) is 0 Å². The van der Waals surface area contributed by atoms with Crippen LogP contribution in [-0.4, -0.2) is 53.6 Å². The molecular weight excluding hydrogens is 274 g/mol. The van der Waals surface area contributed by atoms with Crippen molar-refractivity contribution in [3.8, 4) is 0 Å². The lowest BCUT2D eigenvalue weighted by Gasteiger charge is -2.27.